The summed E-state index contributed by atoms with van der Waals surface area (Å²) in [7, 11) is 4.82. The summed E-state index contributed by atoms with van der Waals surface area (Å²) >= 11 is 0. The summed E-state index contributed by atoms with van der Waals surface area (Å²) < 4.78 is 21.7. The van der Waals surface area contributed by atoms with Crippen molar-refractivity contribution < 1.29 is 18.9 Å². The van der Waals surface area contributed by atoms with Crippen molar-refractivity contribution >= 4 is 7.26 Å². The van der Waals surface area contributed by atoms with Gasteiger partial charge in [-0.2, -0.15) is 0 Å². The van der Waals surface area contributed by atoms with Crippen molar-refractivity contribution in [3.05, 3.63) is 119 Å². The predicted molar refractivity (Wildman–Crippen MR) is 155 cm³/mol. The fourth-order valence-corrected chi connectivity index (χ4v) is 10.2. The fraction of sp³-hybridized carbons (Fsp3) is 0.250. The van der Waals surface area contributed by atoms with Gasteiger partial charge < -0.3 is 0 Å². The molecule has 0 unspecified atom stereocenters. The molecular weight excluding hydrogens is 479 g/mol. The molecule has 4 nitrogen and oxygen atoms in total. The second kappa shape index (κ2) is 12.7. The first-order chi connectivity index (χ1) is 18.0. The molecule has 0 bridgehead atoms. The summed E-state index contributed by atoms with van der Waals surface area (Å²) in [6.07, 6.45) is 4.23. The third-order valence-electron chi connectivity index (χ3n) is 6.95. The molecule has 0 fully saturated rings. The van der Waals surface area contributed by atoms with Gasteiger partial charge in [0, 0.05) is 0 Å². The van der Waals surface area contributed by atoms with Gasteiger partial charge in [-0.1, -0.05) is 0 Å². The summed E-state index contributed by atoms with van der Waals surface area (Å²) in [5.41, 5.74) is 5.40. The Hall–Kier alpha value is -3.49. The van der Waals surface area contributed by atoms with E-state index in [0.717, 1.165) is 47.6 Å². The quantitative estimate of drug-likeness (QED) is 0.182. The zero-order valence-corrected chi connectivity index (χ0v) is 23.2. The fourth-order valence-electron chi connectivity index (χ4n) is 5.08. The van der Waals surface area contributed by atoms with Crippen LogP contribution in [-0.2, 0) is 24.6 Å². The number of ether oxygens (including phenoxy) is 4. The van der Waals surface area contributed by atoms with E-state index in [0.29, 0.717) is 0 Å². The molecule has 0 atom stereocenters. The van der Waals surface area contributed by atoms with E-state index >= 15 is 0 Å². The van der Waals surface area contributed by atoms with Crippen molar-refractivity contribution in [2.45, 2.75) is 24.6 Å². The van der Waals surface area contributed by atoms with E-state index in [4.69, 9.17) is 18.9 Å². The Balaban J connectivity index is 1.76. The molecule has 4 aromatic carbocycles. The van der Waals surface area contributed by atoms with E-state index in [1.807, 2.05) is 0 Å². The Kier molecular flexibility index (Phi) is 9.09. The molecule has 194 valence electrons. The van der Waals surface area contributed by atoms with E-state index in [1.54, 1.807) is 28.4 Å². The van der Waals surface area contributed by atoms with Crippen molar-refractivity contribution in [2.24, 2.45) is 0 Å². The van der Waals surface area contributed by atoms with Crippen molar-refractivity contribution in [1.82, 2.24) is 0 Å². The van der Waals surface area contributed by atoms with E-state index in [-0.39, 0.29) is 0 Å². The number of methoxy groups -OCH3 is 4. The van der Waals surface area contributed by atoms with Crippen molar-refractivity contribution in [2.75, 3.05) is 28.4 Å². The molecule has 0 aliphatic rings. The van der Waals surface area contributed by atoms with Crippen LogP contribution in [0.3, 0.4) is 0 Å². The van der Waals surface area contributed by atoms with Crippen molar-refractivity contribution in [3.8, 4) is 23.0 Å². The molecule has 4 aromatic rings. The second-order valence-electron chi connectivity index (χ2n) is 9.60. The van der Waals surface area contributed by atoms with Gasteiger partial charge in [-0.3, -0.25) is 0 Å². The number of benzene rings is 4. The summed E-state index contributed by atoms with van der Waals surface area (Å²) in [6.45, 7) is 0. The first kappa shape index (κ1) is 26.6. The predicted octanol–water partition coefficient (Wildman–Crippen LogP) is 7.57. The van der Waals surface area contributed by atoms with Crippen molar-refractivity contribution in [1.29, 1.82) is 0 Å². The van der Waals surface area contributed by atoms with Gasteiger partial charge in [0.1, 0.15) is 0 Å². The average molecular weight is 517 g/mol. The van der Waals surface area contributed by atoms with E-state index in [1.165, 1.54) is 22.3 Å². The molecule has 0 amide bonds. The van der Waals surface area contributed by atoms with Gasteiger partial charge in [-0.25, -0.2) is 0 Å². The van der Waals surface area contributed by atoms with Crippen LogP contribution in [0.15, 0.2) is 97.1 Å². The molecule has 0 aliphatic carbocycles. The first-order valence-electron chi connectivity index (χ1n) is 12.6. The topological polar surface area (TPSA) is 36.9 Å². The average Bonchev–Trinajstić information content (AvgIpc) is 2.94. The van der Waals surface area contributed by atoms with Crippen LogP contribution in [-0.4, -0.2) is 28.4 Å². The molecule has 0 radical (unpaired) electrons. The van der Waals surface area contributed by atoms with Gasteiger partial charge >= 0.3 is 222 Å². The molecular formula is C32H37O4P. The van der Waals surface area contributed by atoms with Crippen LogP contribution < -0.4 is 18.9 Å². The molecule has 0 aliphatic heterocycles. The molecule has 0 heterocycles. The number of hydrogen-bond acceptors (Lipinski definition) is 4. The van der Waals surface area contributed by atoms with E-state index < -0.39 is 7.26 Å². The molecule has 5 heteroatoms. The van der Waals surface area contributed by atoms with Crippen LogP contribution >= 0.6 is 7.26 Å². The van der Waals surface area contributed by atoms with Crippen LogP contribution in [0, 0.1) is 0 Å². The SMILES string of the molecule is COc1ccc(C[PH](Cc2ccc(OC)cc2)(Cc2ccc(OC)cc2)Cc2ccc(OC)cc2)cc1. The number of hydrogen-bond donors (Lipinski definition) is 0. The van der Waals surface area contributed by atoms with Crippen molar-refractivity contribution in [3.63, 3.8) is 0 Å². The third kappa shape index (κ3) is 7.27. The summed E-state index contributed by atoms with van der Waals surface area (Å²) in [4.78, 5) is 0. The second-order valence-corrected chi connectivity index (χ2v) is 14.0. The van der Waals surface area contributed by atoms with Gasteiger partial charge in [0.25, 0.3) is 0 Å². The van der Waals surface area contributed by atoms with Gasteiger partial charge in [0.2, 0.25) is 0 Å². The molecule has 4 rings (SSSR count). The molecule has 0 N–H and O–H groups in total. The maximum atomic E-state index is 5.43. The molecule has 0 saturated heterocycles. The van der Waals surface area contributed by atoms with E-state index in [2.05, 4.69) is 97.1 Å². The molecule has 37 heavy (non-hydrogen) atoms. The van der Waals surface area contributed by atoms with Crippen LogP contribution in [0.25, 0.3) is 0 Å². The molecule has 0 aromatic heterocycles. The summed E-state index contributed by atoms with van der Waals surface area (Å²) in [5, 5.41) is 0. The molecule has 0 spiro atoms. The zero-order chi connectivity index (χ0) is 26.1. The van der Waals surface area contributed by atoms with Crippen LogP contribution in [0.5, 0.6) is 23.0 Å². The standard InChI is InChI=1S/C32H37O4P/c1-33-29-13-5-25(6-14-29)21-37(22-26-7-15-30(34-2)16-8-26,23-27-9-17-31(35-3)18-10-27)24-28-11-19-32(36-4)20-12-28/h5-20,37H,21-24H2,1-4H3. The van der Waals surface area contributed by atoms with Gasteiger partial charge in [0.05, 0.1) is 0 Å². The first-order valence-corrected chi connectivity index (χ1v) is 15.4. The van der Waals surface area contributed by atoms with Gasteiger partial charge in [-0.05, 0) is 0 Å². The van der Waals surface area contributed by atoms with Crippen LogP contribution in [0.4, 0.5) is 0 Å². The minimum atomic E-state index is -2.03. The Bertz CT molecular complexity index is 1030. The van der Waals surface area contributed by atoms with Crippen LogP contribution in [0.1, 0.15) is 22.3 Å². The van der Waals surface area contributed by atoms with Gasteiger partial charge in [0.15, 0.2) is 0 Å². The zero-order valence-electron chi connectivity index (χ0n) is 22.2. The van der Waals surface area contributed by atoms with Crippen LogP contribution in [0.2, 0.25) is 0 Å². The Morgan fingerprint density at radius 3 is 0.703 bits per heavy atom. The maximum absolute atomic E-state index is 5.43. The number of rotatable bonds is 12. The third-order valence-corrected chi connectivity index (χ3v) is 11.6. The summed E-state index contributed by atoms with van der Waals surface area (Å²) in [6, 6.07) is 34.3. The molecule has 0 saturated carbocycles. The minimum absolute atomic E-state index is 0.886. The van der Waals surface area contributed by atoms with Gasteiger partial charge in [-0.15, -0.1) is 0 Å². The Labute approximate surface area is 221 Å². The van der Waals surface area contributed by atoms with E-state index in [9.17, 15) is 0 Å². The Morgan fingerprint density at radius 2 is 0.541 bits per heavy atom. The monoisotopic (exact) mass is 516 g/mol. The normalized spacial score (nSPS) is 11.6. The Morgan fingerprint density at radius 1 is 0.351 bits per heavy atom. The summed E-state index contributed by atoms with van der Waals surface area (Å²) in [5.74, 6) is 3.54.